The Kier molecular flexibility index (Phi) is 7.98. The van der Waals surface area contributed by atoms with Crippen molar-refractivity contribution in [2.24, 2.45) is 47.3 Å². The van der Waals surface area contributed by atoms with Crippen LogP contribution in [-0.4, -0.2) is 23.1 Å². The van der Waals surface area contributed by atoms with Gasteiger partial charge in [0.15, 0.2) is 0 Å². The molecule has 0 amide bonds. The number of hydrogen-bond donors (Lipinski definition) is 0. The van der Waals surface area contributed by atoms with Crippen molar-refractivity contribution >= 4 is 11.9 Å². The molecule has 4 nitrogen and oxygen atoms in total. The summed E-state index contributed by atoms with van der Waals surface area (Å²) < 4.78 is 12.8. The molecule has 4 aliphatic carbocycles. The minimum Gasteiger partial charge on any atom is -0.454 e. The molecule has 0 spiro atoms. The first kappa shape index (κ1) is 27.9. The summed E-state index contributed by atoms with van der Waals surface area (Å²) in [5.74, 6) is 0.318. The summed E-state index contributed by atoms with van der Waals surface area (Å²) in [4.78, 5) is 27.7. The Hall–Kier alpha value is -2.10. The third kappa shape index (κ3) is 5.27. The fourth-order valence-electron chi connectivity index (χ4n) is 6.88. The zero-order chi connectivity index (χ0) is 27.1. The van der Waals surface area contributed by atoms with Gasteiger partial charge < -0.3 is 9.47 Å². The molecule has 6 atom stereocenters. The van der Waals surface area contributed by atoms with Gasteiger partial charge in [0.05, 0.1) is 11.8 Å². The lowest BCUT2D eigenvalue weighted by Crippen LogP contribution is -2.47. The quantitative estimate of drug-likeness (QED) is 0.317. The Morgan fingerprint density at radius 1 is 0.703 bits per heavy atom. The lowest BCUT2D eigenvalue weighted by molar-refractivity contribution is -0.179. The number of hydrogen-bond acceptors (Lipinski definition) is 4. The molecule has 37 heavy (non-hydrogen) atoms. The number of fused-ring (bicyclic) bond motifs is 2. The normalized spacial score (nSPS) is 34.9. The fourth-order valence-corrected chi connectivity index (χ4v) is 6.88. The highest BCUT2D eigenvalue weighted by molar-refractivity contribution is 5.84. The molecule has 0 saturated heterocycles. The van der Waals surface area contributed by atoms with E-state index in [9.17, 15) is 9.59 Å². The van der Waals surface area contributed by atoms with Gasteiger partial charge in [0.1, 0.15) is 11.2 Å². The molecule has 0 aromatic carbocycles. The van der Waals surface area contributed by atoms with Gasteiger partial charge in [-0.25, -0.2) is 0 Å². The van der Waals surface area contributed by atoms with E-state index in [-0.39, 0.29) is 35.6 Å². The average molecular weight is 509 g/mol. The number of esters is 2. The standard InChI is InChI=1S/C33H48O4/c1-20(2)24-11-15-32(16-12-24,22(5)6)36-30(34)28-26-9-10-27(19-26)29(28)31(35)37-33(23(7)8)17-13-25(14-18-33)21(3)4/h11-15,17,20-23,26-29H,9-10,16,18-19H2,1-8H3. The van der Waals surface area contributed by atoms with E-state index < -0.39 is 23.0 Å². The first-order valence-electron chi connectivity index (χ1n) is 14.6. The predicted molar refractivity (Wildman–Crippen MR) is 148 cm³/mol. The average Bonchev–Trinajstić information content (AvgIpc) is 3.46. The smallest absolute Gasteiger partial charge is 0.310 e. The molecule has 6 unspecified atom stereocenters. The highest BCUT2D eigenvalue weighted by Gasteiger charge is 2.57. The number of carbonyl (C=O) groups excluding carboxylic acids is 2. The van der Waals surface area contributed by atoms with Crippen LogP contribution in [0.25, 0.3) is 0 Å². The first-order valence-corrected chi connectivity index (χ1v) is 14.6. The van der Waals surface area contributed by atoms with Crippen molar-refractivity contribution in [2.75, 3.05) is 0 Å². The lowest BCUT2D eigenvalue weighted by atomic mass is 9.77. The molecule has 0 aromatic heterocycles. The maximum Gasteiger partial charge on any atom is 0.310 e. The Balaban J connectivity index is 1.53. The van der Waals surface area contributed by atoms with Crippen LogP contribution in [0.3, 0.4) is 0 Å². The molecule has 4 rings (SSSR count). The summed E-state index contributed by atoms with van der Waals surface area (Å²) in [7, 11) is 0. The zero-order valence-electron chi connectivity index (χ0n) is 24.3. The summed E-state index contributed by atoms with van der Waals surface area (Å²) in [6, 6.07) is 0. The van der Waals surface area contributed by atoms with Gasteiger partial charge >= 0.3 is 11.9 Å². The monoisotopic (exact) mass is 508 g/mol. The van der Waals surface area contributed by atoms with Crippen LogP contribution in [0.5, 0.6) is 0 Å². The molecule has 0 radical (unpaired) electrons. The van der Waals surface area contributed by atoms with Crippen molar-refractivity contribution in [2.45, 2.75) is 98.7 Å². The van der Waals surface area contributed by atoms with E-state index in [1.165, 1.54) is 11.1 Å². The third-order valence-electron chi connectivity index (χ3n) is 9.76. The fraction of sp³-hybridized carbons (Fsp3) is 0.697. The van der Waals surface area contributed by atoms with Crippen LogP contribution < -0.4 is 0 Å². The van der Waals surface area contributed by atoms with Crippen LogP contribution in [0.15, 0.2) is 47.6 Å². The molecule has 2 saturated carbocycles. The van der Waals surface area contributed by atoms with E-state index in [1.807, 2.05) is 0 Å². The molecule has 0 aromatic rings. The second-order valence-electron chi connectivity index (χ2n) is 13.2. The van der Waals surface area contributed by atoms with Crippen LogP contribution in [0, 0.1) is 47.3 Å². The SMILES string of the molecule is CC(C)C1=CCC(OC(=O)C2C3CCC(C3)C2C(=O)OC2(C(C)C)C=CC(C(C)C)=CC2)(C(C)C)C=C1. The van der Waals surface area contributed by atoms with E-state index in [4.69, 9.17) is 9.47 Å². The summed E-state index contributed by atoms with van der Waals surface area (Å²) in [6.07, 6.45) is 17.1. The predicted octanol–water partition coefficient (Wildman–Crippen LogP) is 7.61. The molecule has 0 N–H and O–H groups in total. The summed E-state index contributed by atoms with van der Waals surface area (Å²) in [5.41, 5.74) is 1.25. The second kappa shape index (κ2) is 10.6. The Morgan fingerprint density at radius 3 is 1.35 bits per heavy atom. The maximum absolute atomic E-state index is 13.9. The third-order valence-corrected chi connectivity index (χ3v) is 9.76. The topological polar surface area (TPSA) is 52.6 Å². The number of rotatable bonds is 8. The second-order valence-corrected chi connectivity index (χ2v) is 13.2. The molecular formula is C33H48O4. The Labute approximate surface area is 224 Å². The molecule has 204 valence electrons. The van der Waals surface area contributed by atoms with Crippen molar-refractivity contribution in [3.8, 4) is 0 Å². The minimum absolute atomic E-state index is 0.139. The van der Waals surface area contributed by atoms with Crippen LogP contribution in [0.1, 0.15) is 87.5 Å². The first-order chi connectivity index (χ1) is 17.4. The largest absolute Gasteiger partial charge is 0.454 e. The van der Waals surface area contributed by atoms with Gasteiger partial charge in [0.25, 0.3) is 0 Å². The maximum atomic E-state index is 13.9. The van der Waals surface area contributed by atoms with Gasteiger partial charge in [-0.2, -0.15) is 0 Å². The minimum atomic E-state index is -0.658. The molecule has 0 heterocycles. The van der Waals surface area contributed by atoms with Gasteiger partial charge in [-0.15, -0.1) is 0 Å². The molecule has 4 aliphatic rings. The van der Waals surface area contributed by atoms with Crippen LogP contribution in [0.4, 0.5) is 0 Å². The van der Waals surface area contributed by atoms with Crippen LogP contribution in [-0.2, 0) is 19.1 Å². The zero-order valence-corrected chi connectivity index (χ0v) is 24.3. The van der Waals surface area contributed by atoms with Gasteiger partial charge in [-0.1, -0.05) is 79.7 Å². The molecular weight excluding hydrogens is 460 g/mol. The summed E-state index contributed by atoms with van der Waals surface area (Å²) in [5, 5.41) is 0. The molecule has 4 heteroatoms. The number of ether oxygens (including phenoxy) is 2. The van der Waals surface area contributed by atoms with E-state index >= 15 is 0 Å². The van der Waals surface area contributed by atoms with Crippen molar-refractivity contribution < 1.29 is 19.1 Å². The van der Waals surface area contributed by atoms with Gasteiger partial charge in [-0.05, 0) is 78.1 Å². The summed E-state index contributed by atoms with van der Waals surface area (Å²) >= 11 is 0. The molecule has 0 aliphatic heterocycles. The van der Waals surface area contributed by atoms with Gasteiger partial charge in [0, 0.05) is 12.8 Å². The van der Waals surface area contributed by atoms with E-state index in [2.05, 4.69) is 91.8 Å². The van der Waals surface area contributed by atoms with E-state index in [1.54, 1.807) is 0 Å². The van der Waals surface area contributed by atoms with Crippen molar-refractivity contribution in [1.29, 1.82) is 0 Å². The highest BCUT2D eigenvalue weighted by atomic mass is 16.6. The Morgan fingerprint density at radius 2 is 1.08 bits per heavy atom. The van der Waals surface area contributed by atoms with Gasteiger partial charge in [0.2, 0.25) is 0 Å². The van der Waals surface area contributed by atoms with Crippen molar-refractivity contribution in [1.82, 2.24) is 0 Å². The number of allylic oxidation sites excluding steroid dienone is 4. The van der Waals surface area contributed by atoms with Crippen LogP contribution in [0.2, 0.25) is 0 Å². The van der Waals surface area contributed by atoms with Gasteiger partial charge in [-0.3, -0.25) is 9.59 Å². The molecule has 2 fully saturated rings. The molecule has 2 bridgehead atoms. The number of carbonyl (C=O) groups is 2. The van der Waals surface area contributed by atoms with E-state index in [0.717, 1.165) is 19.3 Å². The summed E-state index contributed by atoms with van der Waals surface area (Å²) in [6.45, 7) is 17.2. The van der Waals surface area contributed by atoms with Crippen molar-refractivity contribution in [3.05, 3.63) is 47.6 Å². The highest BCUT2D eigenvalue weighted by Crippen LogP contribution is 2.54. The Bertz CT molecular complexity index is 929. The van der Waals surface area contributed by atoms with Crippen molar-refractivity contribution in [3.63, 3.8) is 0 Å². The van der Waals surface area contributed by atoms with Crippen LogP contribution >= 0.6 is 0 Å². The lowest BCUT2D eigenvalue weighted by Gasteiger charge is -2.40. The van der Waals surface area contributed by atoms with E-state index in [0.29, 0.717) is 24.7 Å².